The number of amides is 1. The average Bonchev–Trinajstić information content (AvgIpc) is 2.93. The van der Waals surface area contributed by atoms with Crippen LogP contribution in [0.2, 0.25) is 0 Å². The fraction of sp³-hybridized carbons (Fsp3) is 0.455. The summed E-state index contributed by atoms with van der Waals surface area (Å²) in [6, 6.07) is 0.929. The number of carbonyl (C=O) groups excluding carboxylic acids is 1. The monoisotopic (exact) mass is 333 g/mol. The molecule has 1 amide bonds. The summed E-state index contributed by atoms with van der Waals surface area (Å²) in [4.78, 5) is 25.2. The van der Waals surface area contributed by atoms with E-state index < -0.39 is 12.0 Å². The van der Waals surface area contributed by atoms with Gasteiger partial charge in [-0.3, -0.25) is 4.79 Å². The number of rotatable bonds is 3. The summed E-state index contributed by atoms with van der Waals surface area (Å²) in [6.07, 6.45) is 1.25. The lowest BCUT2D eigenvalue weighted by Gasteiger charge is -2.20. The molecule has 1 aromatic rings. The molecule has 2 rings (SSSR count). The molecule has 5 nitrogen and oxygen atoms in total. The van der Waals surface area contributed by atoms with Crippen LogP contribution in [-0.4, -0.2) is 41.6 Å². The molecule has 1 N–H and O–H groups in total. The van der Waals surface area contributed by atoms with Gasteiger partial charge in [0.05, 0.1) is 12.0 Å². The third-order valence-electron chi connectivity index (χ3n) is 2.88. The fourth-order valence-corrected chi connectivity index (χ4v) is 3.61. The molecular formula is C11H12BrNO4S. The van der Waals surface area contributed by atoms with E-state index in [2.05, 4.69) is 15.9 Å². The Morgan fingerprint density at radius 3 is 2.89 bits per heavy atom. The number of ether oxygens (including phenoxy) is 1. The molecule has 0 spiro atoms. The van der Waals surface area contributed by atoms with Crippen LogP contribution in [0.4, 0.5) is 0 Å². The van der Waals surface area contributed by atoms with Gasteiger partial charge in [-0.1, -0.05) is 0 Å². The molecule has 1 atom stereocenters. The molecule has 1 aliphatic rings. The van der Waals surface area contributed by atoms with Gasteiger partial charge in [-0.2, -0.15) is 0 Å². The molecule has 0 aliphatic carbocycles. The molecule has 1 saturated heterocycles. The number of carboxylic acids is 1. The van der Waals surface area contributed by atoms with Crippen molar-refractivity contribution in [1.82, 2.24) is 4.90 Å². The van der Waals surface area contributed by atoms with Crippen LogP contribution >= 0.6 is 27.3 Å². The highest BCUT2D eigenvalue weighted by atomic mass is 79.9. The van der Waals surface area contributed by atoms with E-state index in [1.54, 1.807) is 6.07 Å². The number of aliphatic carboxylic acids is 1. The molecule has 0 radical (unpaired) electrons. The second-order valence-corrected chi connectivity index (χ2v) is 6.32. The Morgan fingerprint density at radius 2 is 2.33 bits per heavy atom. The number of likely N-dealkylation sites (tertiary alicyclic amines) is 1. The number of hydrogen-bond acceptors (Lipinski definition) is 4. The molecule has 0 saturated carbocycles. The van der Waals surface area contributed by atoms with Gasteiger partial charge in [0.2, 0.25) is 0 Å². The SMILES string of the molecule is COc1cc(C(=O)N2CCC[C@@H]2C(=O)O)sc1Br. The third-order valence-corrected chi connectivity index (χ3v) is 4.65. The van der Waals surface area contributed by atoms with Crippen LogP contribution in [0.1, 0.15) is 22.5 Å². The number of carboxylic acid groups (broad SMARTS) is 1. The lowest BCUT2D eigenvalue weighted by Crippen LogP contribution is -2.40. The van der Waals surface area contributed by atoms with Crippen molar-refractivity contribution in [3.8, 4) is 5.75 Å². The molecule has 1 aliphatic heterocycles. The minimum Gasteiger partial charge on any atom is -0.495 e. The van der Waals surface area contributed by atoms with Crippen LogP contribution in [0.5, 0.6) is 5.75 Å². The standard InChI is InChI=1S/C11H12BrNO4S/c1-17-7-5-8(18-9(7)12)10(14)13-4-2-3-6(13)11(15)16/h5-6H,2-4H2,1H3,(H,15,16)/t6-/m1/s1. The van der Waals surface area contributed by atoms with E-state index >= 15 is 0 Å². The van der Waals surface area contributed by atoms with Gasteiger partial charge in [0, 0.05) is 12.6 Å². The second kappa shape index (κ2) is 5.27. The summed E-state index contributed by atoms with van der Waals surface area (Å²) in [7, 11) is 1.52. The first-order chi connectivity index (χ1) is 8.54. The van der Waals surface area contributed by atoms with Crippen molar-refractivity contribution < 1.29 is 19.4 Å². The summed E-state index contributed by atoms with van der Waals surface area (Å²) >= 11 is 4.56. The van der Waals surface area contributed by atoms with Crippen LogP contribution in [0.25, 0.3) is 0 Å². The number of thiophene rings is 1. The van der Waals surface area contributed by atoms with Crippen molar-refractivity contribution >= 4 is 39.1 Å². The van der Waals surface area contributed by atoms with Crippen molar-refractivity contribution in [3.63, 3.8) is 0 Å². The first-order valence-corrected chi connectivity index (χ1v) is 7.02. The van der Waals surface area contributed by atoms with E-state index in [9.17, 15) is 9.59 Å². The Morgan fingerprint density at radius 1 is 1.61 bits per heavy atom. The molecule has 98 valence electrons. The number of hydrogen-bond donors (Lipinski definition) is 1. The maximum absolute atomic E-state index is 12.2. The topological polar surface area (TPSA) is 66.8 Å². The van der Waals surface area contributed by atoms with Gasteiger partial charge in [0.1, 0.15) is 15.6 Å². The lowest BCUT2D eigenvalue weighted by molar-refractivity contribution is -0.141. The predicted octanol–water partition coefficient (Wildman–Crippen LogP) is 2.21. The highest BCUT2D eigenvalue weighted by Gasteiger charge is 2.35. The van der Waals surface area contributed by atoms with Gasteiger partial charge in [-0.25, -0.2) is 4.79 Å². The average molecular weight is 334 g/mol. The van der Waals surface area contributed by atoms with E-state index in [1.165, 1.54) is 23.3 Å². The molecule has 1 fully saturated rings. The lowest BCUT2D eigenvalue weighted by atomic mass is 10.2. The van der Waals surface area contributed by atoms with E-state index in [0.717, 1.165) is 10.2 Å². The minimum atomic E-state index is -0.941. The molecule has 0 unspecified atom stereocenters. The summed E-state index contributed by atoms with van der Waals surface area (Å²) in [5.41, 5.74) is 0. The zero-order valence-corrected chi connectivity index (χ0v) is 12.1. The van der Waals surface area contributed by atoms with E-state index in [1.807, 2.05) is 0 Å². The molecule has 18 heavy (non-hydrogen) atoms. The maximum atomic E-state index is 12.2. The number of carbonyl (C=O) groups is 2. The number of methoxy groups -OCH3 is 1. The van der Waals surface area contributed by atoms with Crippen molar-refractivity contribution in [2.75, 3.05) is 13.7 Å². The molecule has 0 aromatic carbocycles. The van der Waals surface area contributed by atoms with Gasteiger partial charge < -0.3 is 14.7 Å². The summed E-state index contributed by atoms with van der Waals surface area (Å²) in [5.74, 6) is -0.591. The predicted molar refractivity (Wildman–Crippen MR) is 70.3 cm³/mol. The highest BCUT2D eigenvalue weighted by Crippen LogP contribution is 2.35. The van der Waals surface area contributed by atoms with E-state index in [0.29, 0.717) is 23.6 Å². The van der Waals surface area contributed by atoms with Gasteiger partial charge >= 0.3 is 5.97 Å². The van der Waals surface area contributed by atoms with Crippen molar-refractivity contribution in [1.29, 1.82) is 0 Å². The van der Waals surface area contributed by atoms with Crippen molar-refractivity contribution in [2.45, 2.75) is 18.9 Å². The first-order valence-electron chi connectivity index (χ1n) is 5.41. The minimum absolute atomic E-state index is 0.242. The molecule has 0 bridgehead atoms. The zero-order chi connectivity index (χ0) is 13.3. The zero-order valence-electron chi connectivity index (χ0n) is 9.68. The van der Waals surface area contributed by atoms with Gasteiger partial charge in [-0.05, 0) is 28.8 Å². The first kappa shape index (κ1) is 13.4. The summed E-state index contributed by atoms with van der Waals surface area (Å²) in [5, 5.41) is 9.06. The number of halogens is 1. The van der Waals surface area contributed by atoms with E-state index in [4.69, 9.17) is 9.84 Å². The highest BCUT2D eigenvalue weighted by molar-refractivity contribution is 9.11. The Kier molecular flexibility index (Phi) is 3.91. The van der Waals surface area contributed by atoms with Crippen molar-refractivity contribution in [2.24, 2.45) is 0 Å². The largest absolute Gasteiger partial charge is 0.495 e. The second-order valence-electron chi connectivity index (χ2n) is 3.95. The Labute approximate surface area is 116 Å². The molecule has 1 aromatic heterocycles. The van der Waals surface area contributed by atoms with Gasteiger partial charge in [0.25, 0.3) is 5.91 Å². The third kappa shape index (κ3) is 2.37. The smallest absolute Gasteiger partial charge is 0.326 e. The molecule has 7 heteroatoms. The molecular weight excluding hydrogens is 322 g/mol. The summed E-state index contributed by atoms with van der Waals surface area (Å²) < 4.78 is 5.82. The van der Waals surface area contributed by atoms with Crippen molar-refractivity contribution in [3.05, 3.63) is 14.7 Å². The van der Waals surface area contributed by atoms with Gasteiger partial charge in [0.15, 0.2) is 0 Å². The normalized spacial score (nSPS) is 19.0. The summed E-state index contributed by atoms with van der Waals surface area (Å²) in [6.45, 7) is 0.494. The fourth-order valence-electron chi connectivity index (χ4n) is 2.00. The Balaban J connectivity index is 2.22. The Hall–Kier alpha value is -1.08. The Bertz CT molecular complexity index is 487. The van der Waals surface area contributed by atoms with Crippen LogP contribution in [0.3, 0.4) is 0 Å². The quantitative estimate of drug-likeness (QED) is 0.920. The van der Waals surface area contributed by atoms with Crippen LogP contribution in [0, 0.1) is 0 Å². The maximum Gasteiger partial charge on any atom is 0.326 e. The van der Waals surface area contributed by atoms with Gasteiger partial charge in [-0.15, -0.1) is 11.3 Å². The molecule has 2 heterocycles. The van der Waals surface area contributed by atoms with Crippen LogP contribution in [-0.2, 0) is 4.79 Å². The number of nitrogens with zero attached hydrogens (tertiary/aromatic N) is 1. The van der Waals surface area contributed by atoms with Crippen LogP contribution < -0.4 is 4.74 Å². The van der Waals surface area contributed by atoms with Crippen LogP contribution in [0.15, 0.2) is 9.85 Å². The van der Waals surface area contributed by atoms with E-state index in [-0.39, 0.29) is 5.91 Å².